The van der Waals surface area contributed by atoms with Gasteiger partial charge in [0.05, 0.1) is 6.61 Å². The van der Waals surface area contributed by atoms with Gasteiger partial charge < -0.3 is 19.2 Å². The molecule has 0 saturated heterocycles. The number of anilines is 1. The van der Waals surface area contributed by atoms with Crippen molar-refractivity contribution in [1.29, 1.82) is 0 Å². The lowest BCUT2D eigenvalue weighted by molar-refractivity contribution is -0.118. The predicted octanol–water partition coefficient (Wildman–Crippen LogP) is 6.25. The van der Waals surface area contributed by atoms with Crippen molar-refractivity contribution in [2.75, 3.05) is 18.5 Å². The molecule has 0 unspecified atom stereocenters. The lowest BCUT2D eigenvalue weighted by Crippen LogP contribution is -2.21. The van der Waals surface area contributed by atoms with E-state index in [4.69, 9.17) is 25.5 Å². The Morgan fingerprint density at radius 1 is 1.08 bits per heavy atom. The number of carbonyl (C=O) groups excluding carboxylic acids is 2. The molecule has 0 fully saturated rings. The van der Waals surface area contributed by atoms with Gasteiger partial charge in [-0.1, -0.05) is 23.7 Å². The molecule has 2 aromatic carbocycles. The molecule has 37 heavy (non-hydrogen) atoms. The van der Waals surface area contributed by atoms with Crippen LogP contribution in [0.1, 0.15) is 41.3 Å². The Morgan fingerprint density at radius 3 is 2.59 bits per heavy atom. The van der Waals surface area contributed by atoms with Gasteiger partial charge in [0, 0.05) is 33.0 Å². The number of amides is 1. The summed E-state index contributed by atoms with van der Waals surface area (Å²) >= 11 is 7.23. The van der Waals surface area contributed by atoms with Crippen LogP contribution in [0.15, 0.2) is 57.1 Å². The van der Waals surface area contributed by atoms with Crippen molar-refractivity contribution in [1.82, 2.24) is 0 Å². The summed E-state index contributed by atoms with van der Waals surface area (Å²) in [6, 6.07) is 12.3. The number of esters is 1. The van der Waals surface area contributed by atoms with Crippen molar-refractivity contribution < 1.29 is 23.5 Å². The number of benzene rings is 2. The number of thiophene rings is 1. The van der Waals surface area contributed by atoms with Crippen LogP contribution in [0.3, 0.4) is 0 Å². The molecule has 0 spiro atoms. The van der Waals surface area contributed by atoms with Crippen LogP contribution in [0.2, 0.25) is 5.02 Å². The van der Waals surface area contributed by atoms with Crippen LogP contribution >= 0.6 is 22.9 Å². The van der Waals surface area contributed by atoms with Crippen molar-refractivity contribution in [3.8, 4) is 16.9 Å². The largest absolute Gasteiger partial charge is 0.484 e. The molecule has 0 atom stereocenters. The van der Waals surface area contributed by atoms with Gasteiger partial charge in [-0.25, -0.2) is 9.59 Å². The Hall–Kier alpha value is -3.62. The van der Waals surface area contributed by atoms with Gasteiger partial charge in [-0.15, -0.1) is 11.3 Å². The standard InChI is InChI=1S/C28H24ClNO6S/c1-2-34-28(33)25-22(16-7-9-17(29)10-8-16)15-37-26(25)30-24(31)14-35-18-11-12-20-19-5-3-4-6-21(19)27(32)36-23(20)13-18/h7-13,15H,2-6,14H2,1H3,(H,30,31). The van der Waals surface area contributed by atoms with E-state index in [1.807, 2.05) is 6.07 Å². The van der Waals surface area contributed by atoms with Gasteiger partial charge in [0.25, 0.3) is 5.91 Å². The van der Waals surface area contributed by atoms with E-state index >= 15 is 0 Å². The Balaban J connectivity index is 1.33. The normalized spacial score (nSPS) is 12.7. The van der Waals surface area contributed by atoms with E-state index in [0.29, 0.717) is 26.9 Å². The summed E-state index contributed by atoms with van der Waals surface area (Å²) in [5, 5.41) is 6.40. The molecule has 1 aliphatic rings. The van der Waals surface area contributed by atoms with Crippen molar-refractivity contribution in [2.24, 2.45) is 0 Å². The summed E-state index contributed by atoms with van der Waals surface area (Å²) in [5.74, 6) is -0.569. The molecular weight excluding hydrogens is 514 g/mol. The van der Waals surface area contributed by atoms with E-state index in [1.165, 1.54) is 11.3 Å². The second-order valence-electron chi connectivity index (χ2n) is 8.63. The minimum absolute atomic E-state index is 0.201. The van der Waals surface area contributed by atoms with E-state index in [-0.39, 0.29) is 24.4 Å². The van der Waals surface area contributed by atoms with Crippen molar-refractivity contribution >= 4 is 50.8 Å². The smallest absolute Gasteiger partial charge is 0.341 e. The molecule has 9 heteroatoms. The van der Waals surface area contributed by atoms with Crippen LogP contribution < -0.4 is 15.7 Å². The molecule has 0 aliphatic heterocycles. The number of carbonyl (C=O) groups is 2. The number of nitrogens with one attached hydrogen (secondary N) is 1. The van der Waals surface area contributed by atoms with Crippen LogP contribution in [0.5, 0.6) is 5.75 Å². The molecule has 0 radical (unpaired) electrons. The number of halogens is 1. The first-order chi connectivity index (χ1) is 17.9. The number of rotatable bonds is 7. The predicted molar refractivity (Wildman–Crippen MR) is 144 cm³/mol. The van der Waals surface area contributed by atoms with Crippen LogP contribution in [-0.2, 0) is 22.4 Å². The van der Waals surface area contributed by atoms with Gasteiger partial charge in [-0.2, -0.15) is 0 Å². The van der Waals surface area contributed by atoms with E-state index in [2.05, 4.69) is 5.32 Å². The Bertz CT molecular complexity index is 1540. The third-order valence-electron chi connectivity index (χ3n) is 6.24. The Labute approximate surface area is 222 Å². The van der Waals surface area contributed by atoms with Gasteiger partial charge in [0.2, 0.25) is 0 Å². The van der Waals surface area contributed by atoms with Crippen LogP contribution in [0, 0.1) is 0 Å². The fourth-order valence-corrected chi connectivity index (χ4v) is 5.62. The maximum Gasteiger partial charge on any atom is 0.341 e. The SMILES string of the molecule is CCOC(=O)c1c(-c2ccc(Cl)cc2)csc1NC(=O)COc1ccc2c3c(c(=O)oc2c1)CCCC3. The van der Waals surface area contributed by atoms with E-state index < -0.39 is 11.9 Å². The first-order valence-corrected chi connectivity index (χ1v) is 13.3. The number of ether oxygens (including phenoxy) is 2. The minimum atomic E-state index is -0.530. The average Bonchev–Trinajstić information content (AvgIpc) is 3.31. The van der Waals surface area contributed by atoms with E-state index in [0.717, 1.165) is 47.8 Å². The van der Waals surface area contributed by atoms with Crippen molar-refractivity contribution in [3.05, 3.63) is 80.0 Å². The second-order valence-corrected chi connectivity index (χ2v) is 9.95. The maximum absolute atomic E-state index is 12.7. The highest BCUT2D eigenvalue weighted by Gasteiger charge is 2.23. The molecular formula is C28H24ClNO6S. The molecule has 2 heterocycles. The monoisotopic (exact) mass is 537 g/mol. The van der Waals surface area contributed by atoms with Gasteiger partial charge in [0.1, 0.15) is 21.9 Å². The van der Waals surface area contributed by atoms with Gasteiger partial charge >= 0.3 is 11.6 Å². The summed E-state index contributed by atoms with van der Waals surface area (Å²) < 4.78 is 16.4. The second kappa shape index (κ2) is 10.8. The van der Waals surface area contributed by atoms with Gasteiger partial charge in [-0.05, 0) is 68.0 Å². The zero-order valence-electron chi connectivity index (χ0n) is 20.1. The molecule has 5 rings (SSSR count). The summed E-state index contributed by atoms with van der Waals surface area (Å²) in [7, 11) is 0. The maximum atomic E-state index is 12.7. The zero-order valence-corrected chi connectivity index (χ0v) is 21.7. The molecule has 1 aliphatic carbocycles. The Morgan fingerprint density at radius 2 is 1.84 bits per heavy atom. The molecule has 2 aromatic heterocycles. The highest BCUT2D eigenvalue weighted by Crippen LogP contribution is 2.37. The molecule has 0 saturated carbocycles. The summed E-state index contributed by atoms with van der Waals surface area (Å²) in [4.78, 5) is 37.9. The topological polar surface area (TPSA) is 94.8 Å². The van der Waals surface area contributed by atoms with Crippen molar-refractivity contribution in [3.63, 3.8) is 0 Å². The minimum Gasteiger partial charge on any atom is -0.484 e. The Kier molecular flexibility index (Phi) is 7.30. The van der Waals surface area contributed by atoms with Crippen LogP contribution in [-0.4, -0.2) is 25.1 Å². The zero-order chi connectivity index (χ0) is 25.9. The quantitative estimate of drug-likeness (QED) is 0.221. The fourth-order valence-electron chi connectivity index (χ4n) is 4.52. The number of hydrogen-bond acceptors (Lipinski definition) is 7. The third-order valence-corrected chi connectivity index (χ3v) is 7.39. The fraction of sp³-hybridized carbons (Fsp3) is 0.250. The highest BCUT2D eigenvalue weighted by molar-refractivity contribution is 7.15. The van der Waals surface area contributed by atoms with E-state index in [9.17, 15) is 14.4 Å². The number of fused-ring (bicyclic) bond motifs is 3. The molecule has 7 nitrogen and oxygen atoms in total. The van der Waals surface area contributed by atoms with E-state index in [1.54, 1.807) is 48.7 Å². The molecule has 190 valence electrons. The lowest BCUT2D eigenvalue weighted by atomic mass is 9.91. The summed E-state index contributed by atoms with van der Waals surface area (Å²) in [5.41, 5.74) is 3.64. The van der Waals surface area contributed by atoms with Crippen molar-refractivity contribution in [2.45, 2.75) is 32.6 Å². The number of hydrogen-bond donors (Lipinski definition) is 1. The lowest BCUT2D eigenvalue weighted by Gasteiger charge is -2.16. The van der Waals surface area contributed by atoms with Crippen LogP contribution in [0.25, 0.3) is 22.1 Å². The first kappa shape index (κ1) is 25.0. The van der Waals surface area contributed by atoms with Gasteiger partial charge in [-0.3, -0.25) is 4.79 Å². The first-order valence-electron chi connectivity index (χ1n) is 12.0. The molecule has 0 bridgehead atoms. The average molecular weight is 538 g/mol. The summed E-state index contributed by atoms with van der Waals surface area (Å²) in [6.45, 7) is 1.63. The van der Waals surface area contributed by atoms with Crippen LogP contribution in [0.4, 0.5) is 5.00 Å². The molecule has 1 N–H and O–H groups in total. The van der Waals surface area contributed by atoms with Gasteiger partial charge in [0.15, 0.2) is 6.61 Å². The third kappa shape index (κ3) is 5.26. The molecule has 1 amide bonds. The number of aryl methyl sites for hydroxylation is 1. The highest BCUT2D eigenvalue weighted by atomic mass is 35.5. The summed E-state index contributed by atoms with van der Waals surface area (Å²) in [6.07, 6.45) is 3.62. The molecule has 4 aromatic rings.